The van der Waals surface area contributed by atoms with Gasteiger partial charge in [0, 0.05) is 18.5 Å². The summed E-state index contributed by atoms with van der Waals surface area (Å²) in [4.78, 5) is 12.2. The molecule has 0 spiro atoms. The molecule has 0 fully saturated rings. The Hall–Kier alpha value is -2.54. The number of thioether (sulfide) groups is 1. The number of nitrogens with zero attached hydrogens (tertiary/aromatic N) is 3. The molecule has 0 unspecified atom stereocenters. The van der Waals surface area contributed by atoms with Crippen LogP contribution in [0.3, 0.4) is 0 Å². The molecule has 1 aromatic heterocycles. The lowest BCUT2D eigenvalue weighted by atomic mass is 10.1. The van der Waals surface area contributed by atoms with Crippen LogP contribution in [0.4, 0.5) is 8.78 Å². The van der Waals surface area contributed by atoms with Gasteiger partial charge in [-0.05, 0) is 30.7 Å². The Kier molecular flexibility index (Phi) is 5.78. The van der Waals surface area contributed by atoms with Crippen LogP contribution < -0.4 is 0 Å². The van der Waals surface area contributed by atoms with Gasteiger partial charge in [-0.1, -0.05) is 42.1 Å². The van der Waals surface area contributed by atoms with E-state index in [0.29, 0.717) is 18.1 Å². The van der Waals surface area contributed by atoms with Crippen LogP contribution in [0, 0.1) is 11.6 Å². The van der Waals surface area contributed by atoms with E-state index in [0.717, 1.165) is 23.5 Å². The second kappa shape index (κ2) is 8.23. The lowest BCUT2D eigenvalue weighted by molar-refractivity contribution is 0.102. The SMILES string of the molecule is CCn1c(Cc2ccccc2)nnc1SCC(=O)c1ccc(F)c(F)c1. The van der Waals surface area contributed by atoms with Gasteiger partial charge in [0.15, 0.2) is 22.6 Å². The van der Waals surface area contributed by atoms with Crippen LogP contribution in [-0.2, 0) is 13.0 Å². The van der Waals surface area contributed by atoms with Crippen LogP contribution in [0.5, 0.6) is 0 Å². The topological polar surface area (TPSA) is 47.8 Å². The molecule has 3 rings (SSSR count). The molecule has 3 aromatic rings. The van der Waals surface area contributed by atoms with Gasteiger partial charge in [0.1, 0.15) is 5.82 Å². The van der Waals surface area contributed by atoms with Crippen molar-refractivity contribution in [1.29, 1.82) is 0 Å². The standard InChI is InChI=1S/C19H17F2N3OS/c1-2-24-18(10-13-6-4-3-5-7-13)22-23-19(24)26-12-17(25)14-8-9-15(20)16(21)11-14/h3-9,11H,2,10,12H2,1H3. The second-order valence-electron chi connectivity index (χ2n) is 5.65. The number of hydrogen-bond donors (Lipinski definition) is 0. The normalized spacial score (nSPS) is 10.9. The molecule has 0 atom stereocenters. The number of hydrogen-bond acceptors (Lipinski definition) is 4. The first-order chi connectivity index (χ1) is 12.6. The molecule has 1 heterocycles. The summed E-state index contributed by atoms with van der Waals surface area (Å²) in [6, 6.07) is 13.1. The molecule has 0 bridgehead atoms. The van der Waals surface area contributed by atoms with Crippen molar-refractivity contribution in [2.24, 2.45) is 0 Å². The first-order valence-electron chi connectivity index (χ1n) is 8.15. The van der Waals surface area contributed by atoms with Gasteiger partial charge in [-0.15, -0.1) is 10.2 Å². The Morgan fingerprint density at radius 3 is 2.54 bits per heavy atom. The number of benzene rings is 2. The zero-order chi connectivity index (χ0) is 18.5. The maximum atomic E-state index is 13.3. The molecule has 0 saturated carbocycles. The van der Waals surface area contributed by atoms with E-state index in [2.05, 4.69) is 10.2 Å². The molecule has 0 saturated heterocycles. The average molecular weight is 373 g/mol. The Morgan fingerprint density at radius 2 is 1.85 bits per heavy atom. The number of ketones is 1. The van der Waals surface area contributed by atoms with Crippen molar-refractivity contribution in [2.45, 2.75) is 25.0 Å². The summed E-state index contributed by atoms with van der Waals surface area (Å²) in [5.41, 5.74) is 1.27. The molecule has 7 heteroatoms. The smallest absolute Gasteiger partial charge is 0.191 e. The second-order valence-corrected chi connectivity index (χ2v) is 6.59. The molecule has 0 radical (unpaired) electrons. The molecular formula is C19H17F2N3OS. The maximum Gasteiger partial charge on any atom is 0.191 e. The summed E-state index contributed by atoms with van der Waals surface area (Å²) in [6.07, 6.45) is 0.652. The number of Topliss-reactive ketones (excluding diaryl/α,β-unsaturated/α-hetero) is 1. The molecule has 0 aliphatic carbocycles. The highest BCUT2D eigenvalue weighted by atomic mass is 32.2. The van der Waals surface area contributed by atoms with Crippen molar-refractivity contribution in [3.63, 3.8) is 0 Å². The van der Waals surface area contributed by atoms with E-state index in [1.807, 2.05) is 41.8 Å². The molecule has 134 valence electrons. The Morgan fingerprint density at radius 1 is 1.08 bits per heavy atom. The number of carbonyl (C=O) groups excluding carboxylic acids is 1. The molecule has 26 heavy (non-hydrogen) atoms. The van der Waals surface area contributed by atoms with E-state index in [1.54, 1.807) is 0 Å². The van der Waals surface area contributed by atoms with E-state index in [9.17, 15) is 13.6 Å². The molecule has 0 aliphatic heterocycles. The highest BCUT2D eigenvalue weighted by Gasteiger charge is 2.15. The summed E-state index contributed by atoms with van der Waals surface area (Å²) < 4.78 is 28.2. The van der Waals surface area contributed by atoms with Gasteiger partial charge >= 0.3 is 0 Å². The predicted molar refractivity (Wildman–Crippen MR) is 96.4 cm³/mol. The summed E-state index contributed by atoms with van der Waals surface area (Å²) in [5.74, 6) is -1.38. The lowest BCUT2D eigenvalue weighted by Crippen LogP contribution is -2.07. The molecule has 0 aliphatic rings. The van der Waals surface area contributed by atoms with E-state index in [4.69, 9.17) is 0 Å². The number of aromatic nitrogens is 3. The van der Waals surface area contributed by atoms with Gasteiger partial charge < -0.3 is 4.57 Å². The Labute approximate surface area is 154 Å². The van der Waals surface area contributed by atoms with Crippen molar-refractivity contribution in [1.82, 2.24) is 14.8 Å². The summed E-state index contributed by atoms with van der Waals surface area (Å²) >= 11 is 1.24. The molecule has 0 amide bonds. The van der Waals surface area contributed by atoms with Gasteiger partial charge in [0.2, 0.25) is 0 Å². The fraction of sp³-hybridized carbons (Fsp3) is 0.211. The maximum absolute atomic E-state index is 13.3. The summed E-state index contributed by atoms with van der Waals surface area (Å²) in [6.45, 7) is 2.66. The highest BCUT2D eigenvalue weighted by Crippen LogP contribution is 2.20. The Balaban J connectivity index is 1.70. The van der Waals surface area contributed by atoms with Crippen LogP contribution in [-0.4, -0.2) is 26.3 Å². The molecular weight excluding hydrogens is 356 g/mol. The lowest BCUT2D eigenvalue weighted by Gasteiger charge is -2.07. The minimum Gasteiger partial charge on any atom is -0.306 e. The van der Waals surface area contributed by atoms with Gasteiger partial charge in [-0.25, -0.2) is 8.78 Å². The number of carbonyl (C=O) groups is 1. The van der Waals surface area contributed by atoms with E-state index in [1.165, 1.54) is 17.8 Å². The third-order valence-electron chi connectivity index (χ3n) is 3.89. The zero-order valence-electron chi connectivity index (χ0n) is 14.2. The van der Waals surface area contributed by atoms with Gasteiger partial charge in [0.25, 0.3) is 0 Å². The van der Waals surface area contributed by atoms with Crippen LogP contribution in [0.25, 0.3) is 0 Å². The average Bonchev–Trinajstić information content (AvgIpc) is 3.04. The summed E-state index contributed by atoms with van der Waals surface area (Å²) in [5, 5.41) is 9.03. The zero-order valence-corrected chi connectivity index (χ0v) is 15.0. The van der Waals surface area contributed by atoms with Gasteiger partial charge in [-0.2, -0.15) is 0 Å². The third-order valence-corrected chi connectivity index (χ3v) is 4.86. The summed E-state index contributed by atoms with van der Waals surface area (Å²) in [7, 11) is 0. The number of halogens is 2. The number of rotatable bonds is 7. The van der Waals surface area contributed by atoms with Crippen LogP contribution in [0.15, 0.2) is 53.7 Å². The van der Waals surface area contributed by atoms with Crippen molar-refractivity contribution in [2.75, 3.05) is 5.75 Å². The first-order valence-corrected chi connectivity index (χ1v) is 9.14. The van der Waals surface area contributed by atoms with Crippen molar-refractivity contribution < 1.29 is 13.6 Å². The highest BCUT2D eigenvalue weighted by molar-refractivity contribution is 7.99. The largest absolute Gasteiger partial charge is 0.306 e. The molecule has 0 N–H and O–H groups in total. The van der Waals surface area contributed by atoms with Gasteiger partial charge in [-0.3, -0.25) is 4.79 Å². The fourth-order valence-electron chi connectivity index (χ4n) is 2.54. The predicted octanol–water partition coefficient (Wildman–Crippen LogP) is 4.14. The van der Waals surface area contributed by atoms with Crippen molar-refractivity contribution in [3.8, 4) is 0 Å². The van der Waals surface area contributed by atoms with E-state index < -0.39 is 11.6 Å². The Bertz CT molecular complexity index is 912. The van der Waals surface area contributed by atoms with Crippen molar-refractivity contribution in [3.05, 3.63) is 77.1 Å². The van der Waals surface area contributed by atoms with Crippen LogP contribution in [0.1, 0.15) is 28.7 Å². The monoisotopic (exact) mass is 373 g/mol. The van der Waals surface area contributed by atoms with E-state index >= 15 is 0 Å². The van der Waals surface area contributed by atoms with E-state index in [-0.39, 0.29) is 17.1 Å². The fourth-order valence-corrected chi connectivity index (χ4v) is 3.45. The van der Waals surface area contributed by atoms with Crippen LogP contribution >= 0.6 is 11.8 Å². The van der Waals surface area contributed by atoms with Gasteiger partial charge in [0.05, 0.1) is 5.75 Å². The van der Waals surface area contributed by atoms with Crippen molar-refractivity contribution >= 4 is 17.5 Å². The molecule has 4 nitrogen and oxygen atoms in total. The molecule has 2 aromatic carbocycles. The first kappa shape index (κ1) is 18.3. The third kappa shape index (κ3) is 4.16. The minimum absolute atomic E-state index is 0.0779. The van der Waals surface area contributed by atoms with Crippen LogP contribution in [0.2, 0.25) is 0 Å². The minimum atomic E-state index is -1.03. The quantitative estimate of drug-likeness (QED) is 0.461.